The second-order valence-corrected chi connectivity index (χ2v) is 8.64. The molecule has 36 heavy (non-hydrogen) atoms. The average molecular weight is 508 g/mol. The minimum Gasteiger partial charge on any atom is -0.507 e. The molecule has 0 aromatic heterocycles. The standard InChI is InChI=1S/C27H22ClNO7/c1-33-18-7-4-16(5-8-18)24-23(25(30)17-6-9-19(28)21(12-17)34-2)26(31)27(32)29(24)13-15-3-10-20-22(11-15)36-14-35-20/h3-12,24,30H,13-14H2,1-2H3/b25-23+. The number of ether oxygens (including phenoxy) is 4. The van der Waals surface area contributed by atoms with Gasteiger partial charge in [0.25, 0.3) is 11.7 Å². The number of amides is 1. The summed E-state index contributed by atoms with van der Waals surface area (Å²) in [5.41, 5.74) is 1.65. The van der Waals surface area contributed by atoms with E-state index in [1.165, 1.54) is 18.1 Å². The van der Waals surface area contributed by atoms with E-state index in [-0.39, 0.29) is 24.7 Å². The molecule has 184 valence electrons. The number of aliphatic hydroxyl groups is 1. The van der Waals surface area contributed by atoms with Crippen molar-refractivity contribution in [3.05, 3.63) is 87.9 Å². The number of carbonyl (C=O) groups excluding carboxylic acids is 2. The molecule has 5 rings (SSSR count). The summed E-state index contributed by atoms with van der Waals surface area (Å²) in [5, 5.41) is 11.6. The summed E-state index contributed by atoms with van der Waals surface area (Å²) in [6.45, 7) is 0.234. The summed E-state index contributed by atoms with van der Waals surface area (Å²) < 4.78 is 21.3. The molecule has 1 saturated heterocycles. The van der Waals surface area contributed by atoms with Gasteiger partial charge in [-0.05, 0) is 53.6 Å². The van der Waals surface area contributed by atoms with Crippen molar-refractivity contribution in [2.24, 2.45) is 0 Å². The molecule has 9 heteroatoms. The fourth-order valence-electron chi connectivity index (χ4n) is 4.37. The van der Waals surface area contributed by atoms with E-state index in [0.717, 1.165) is 5.56 Å². The van der Waals surface area contributed by atoms with Gasteiger partial charge in [-0.3, -0.25) is 9.59 Å². The second kappa shape index (κ2) is 9.47. The number of fused-ring (bicyclic) bond motifs is 1. The molecule has 0 spiro atoms. The fourth-order valence-corrected chi connectivity index (χ4v) is 4.57. The van der Waals surface area contributed by atoms with Gasteiger partial charge in [0.2, 0.25) is 6.79 Å². The van der Waals surface area contributed by atoms with Gasteiger partial charge in [0, 0.05) is 12.1 Å². The van der Waals surface area contributed by atoms with Gasteiger partial charge in [-0.1, -0.05) is 29.8 Å². The van der Waals surface area contributed by atoms with Crippen LogP contribution in [-0.2, 0) is 16.1 Å². The molecule has 0 radical (unpaired) electrons. The van der Waals surface area contributed by atoms with E-state index in [9.17, 15) is 14.7 Å². The van der Waals surface area contributed by atoms with Crippen LogP contribution in [0.25, 0.3) is 5.76 Å². The third-order valence-corrected chi connectivity index (χ3v) is 6.50. The zero-order chi connectivity index (χ0) is 25.4. The molecule has 1 unspecified atom stereocenters. The summed E-state index contributed by atoms with van der Waals surface area (Å²) in [5.74, 6) is 0.295. The molecule has 1 amide bonds. The highest BCUT2D eigenvalue weighted by Crippen LogP contribution is 2.42. The molecule has 2 heterocycles. The van der Waals surface area contributed by atoms with Crippen molar-refractivity contribution in [1.29, 1.82) is 0 Å². The van der Waals surface area contributed by atoms with Crippen LogP contribution >= 0.6 is 11.6 Å². The van der Waals surface area contributed by atoms with Gasteiger partial charge < -0.3 is 29.0 Å². The lowest BCUT2D eigenvalue weighted by Crippen LogP contribution is -2.29. The van der Waals surface area contributed by atoms with E-state index in [1.54, 1.807) is 55.6 Å². The predicted molar refractivity (Wildman–Crippen MR) is 131 cm³/mol. The number of aliphatic hydroxyl groups excluding tert-OH is 1. The van der Waals surface area contributed by atoms with Gasteiger partial charge in [0.1, 0.15) is 17.3 Å². The summed E-state index contributed by atoms with van der Waals surface area (Å²) in [6.07, 6.45) is 0. The first-order valence-corrected chi connectivity index (χ1v) is 11.4. The average Bonchev–Trinajstić information content (AvgIpc) is 3.46. The number of rotatable bonds is 6. The van der Waals surface area contributed by atoms with Crippen molar-refractivity contribution in [2.75, 3.05) is 21.0 Å². The van der Waals surface area contributed by atoms with Crippen LogP contribution in [0.15, 0.2) is 66.2 Å². The number of hydrogen-bond donors (Lipinski definition) is 1. The lowest BCUT2D eigenvalue weighted by molar-refractivity contribution is -0.140. The Morgan fingerprint density at radius 3 is 2.47 bits per heavy atom. The van der Waals surface area contributed by atoms with E-state index in [2.05, 4.69) is 0 Å². The Bertz CT molecular complexity index is 1380. The van der Waals surface area contributed by atoms with E-state index in [1.807, 2.05) is 6.07 Å². The highest BCUT2D eigenvalue weighted by Gasteiger charge is 2.46. The van der Waals surface area contributed by atoms with Crippen LogP contribution in [0.1, 0.15) is 22.7 Å². The van der Waals surface area contributed by atoms with E-state index < -0.39 is 17.7 Å². The van der Waals surface area contributed by atoms with Crippen LogP contribution in [0.4, 0.5) is 0 Å². The molecular weight excluding hydrogens is 486 g/mol. The monoisotopic (exact) mass is 507 g/mol. The summed E-state index contributed by atoms with van der Waals surface area (Å²) >= 11 is 6.14. The maximum Gasteiger partial charge on any atom is 0.295 e. The SMILES string of the molecule is COc1ccc(C2/C(=C(\O)c3ccc(Cl)c(OC)c3)C(=O)C(=O)N2Cc2ccc3c(c2)OCO3)cc1. The molecule has 3 aromatic carbocycles. The Kier molecular flexibility index (Phi) is 6.20. The highest BCUT2D eigenvalue weighted by atomic mass is 35.5. The number of hydrogen-bond acceptors (Lipinski definition) is 7. The third kappa shape index (κ3) is 4.09. The molecule has 0 bridgehead atoms. The van der Waals surface area contributed by atoms with Crippen molar-refractivity contribution in [3.63, 3.8) is 0 Å². The summed E-state index contributed by atoms with van der Waals surface area (Å²) in [7, 11) is 3.00. The molecule has 8 nitrogen and oxygen atoms in total. The van der Waals surface area contributed by atoms with Gasteiger partial charge in [0.05, 0.1) is 30.9 Å². The molecule has 1 N–H and O–H groups in total. The number of halogens is 1. The van der Waals surface area contributed by atoms with Crippen LogP contribution in [0, 0.1) is 0 Å². The number of likely N-dealkylation sites (tertiary alicyclic amines) is 1. The van der Waals surface area contributed by atoms with Crippen LogP contribution < -0.4 is 18.9 Å². The maximum absolute atomic E-state index is 13.3. The van der Waals surface area contributed by atoms with Crippen molar-refractivity contribution in [2.45, 2.75) is 12.6 Å². The Hall–Kier alpha value is -4.17. The lowest BCUT2D eigenvalue weighted by atomic mass is 9.95. The number of nitrogens with zero attached hydrogens (tertiary/aromatic N) is 1. The maximum atomic E-state index is 13.3. The number of carbonyl (C=O) groups is 2. The number of Topliss-reactive ketones (excluding diaryl/α,β-unsaturated/α-hetero) is 1. The zero-order valence-electron chi connectivity index (χ0n) is 19.5. The Balaban J connectivity index is 1.62. The van der Waals surface area contributed by atoms with Gasteiger partial charge in [-0.15, -0.1) is 0 Å². The summed E-state index contributed by atoms with van der Waals surface area (Å²) in [4.78, 5) is 28.0. The van der Waals surface area contributed by atoms with E-state index in [0.29, 0.717) is 39.1 Å². The van der Waals surface area contributed by atoms with Gasteiger partial charge in [-0.2, -0.15) is 0 Å². The first kappa shape index (κ1) is 23.6. The van der Waals surface area contributed by atoms with E-state index in [4.69, 9.17) is 30.5 Å². The van der Waals surface area contributed by atoms with E-state index >= 15 is 0 Å². The molecule has 1 fully saturated rings. The van der Waals surface area contributed by atoms with Crippen molar-refractivity contribution in [3.8, 4) is 23.0 Å². The fraction of sp³-hybridized carbons (Fsp3) is 0.185. The minimum absolute atomic E-state index is 0.0321. The topological polar surface area (TPSA) is 94.5 Å². The number of benzene rings is 3. The lowest BCUT2D eigenvalue weighted by Gasteiger charge is -2.25. The molecule has 2 aliphatic rings. The molecular formula is C27H22ClNO7. The second-order valence-electron chi connectivity index (χ2n) is 8.24. The Morgan fingerprint density at radius 2 is 1.75 bits per heavy atom. The van der Waals surface area contributed by atoms with Crippen LogP contribution in [-0.4, -0.2) is 42.7 Å². The first-order valence-electron chi connectivity index (χ1n) is 11.1. The number of ketones is 1. The molecule has 3 aromatic rings. The molecule has 0 saturated carbocycles. The first-order chi connectivity index (χ1) is 17.4. The third-order valence-electron chi connectivity index (χ3n) is 6.19. The van der Waals surface area contributed by atoms with Gasteiger partial charge in [-0.25, -0.2) is 0 Å². The van der Waals surface area contributed by atoms with Crippen molar-refractivity contribution in [1.82, 2.24) is 4.90 Å². The normalized spacial score (nSPS) is 18.0. The highest BCUT2D eigenvalue weighted by molar-refractivity contribution is 6.46. The Labute approximate surface area is 212 Å². The number of methoxy groups -OCH3 is 2. The van der Waals surface area contributed by atoms with Gasteiger partial charge in [0.15, 0.2) is 11.5 Å². The van der Waals surface area contributed by atoms with Crippen LogP contribution in [0.5, 0.6) is 23.0 Å². The minimum atomic E-state index is -0.844. The zero-order valence-corrected chi connectivity index (χ0v) is 20.2. The Morgan fingerprint density at radius 1 is 1.00 bits per heavy atom. The molecule has 0 aliphatic carbocycles. The largest absolute Gasteiger partial charge is 0.507 e. The van der Waals surface area contributed by atoms with Crippen LogP contribution in [0.3, 0.4) is 0 Å². The smallest absolute Gasteiger partial charge is 0.295 e. The summed E-state index contributed by atoms with van der Waals surface area (Å²) in [6, 6.07) is 16.1. The molecule has 1 atom stereocenters. The van der Waals surface area contributed by atoms with Crippen molar-refractivity contribution < 1.29 is 33.6 Å². The predicted octanol–water partition coefficient (Wildman–Crippen LogP) is 4.71. The van der Waals surface area contributed by atoms with Crippen LogP contribution in [0.2, 0.25) is 5.02 Å². The van der Waals surface area contributed by atoms with Crippen molar-refractivity contribution >= 4 is 29.1 Å². The molecule has 2 aliphatic heterocycles. The van der Waals surface area contributed by atoms with Gasteiger partial charge >= 0.3 is 0 Å². The quantitative estimate of drug-likeness (QED) is 0.293.